The highest BCUT2D eigenvalue weighted by atomic mass is 16.5. The molecule has 0 atom stereocenters. The van der Waals surface area contributed by atoms with E-state index < -0.39 is 0 Å². The molecule has 4 rings (SSSR count). The first-order valence-corrected chi connectivity index (χ1v) is 9.63. The van der Waals surface area contributed by atoms with E-state index in [1.54, 1.807) is 59.9 Å². The summed E-state index contributed by atoms with van der Waals surface area (Å²) in [7, 11) is 0. The van der Waals surface area contributed by atoms with Gasteiger partial charge in [0.15, 0.2) is 5.78 Å². The first-order valence-electron chi connectivity index (χ1n) is 9.63. The van der Waals surface area contributed by atoms with Crippen molar-refractivity contribution in [2.24, 2.45) is 0 Å². The van der Waals surface area contributed by atoms with E-state index in [0.29, 0.717) is 48.5 Å². The summed E-state index contributed by atoms with van der Waals surface area (Å²) in [4.78, 5) is 36.0. The van der Waals surface area contributed by atoms with E-state index in [2.05, 4.69) is 9.97 Å². The van der Waals surface area contributed by atoms with Crippen molar-refractivity contribution in [3.63, 3.8) is 0 Å². The van der Waals surface area contributed by atoms with Crippen LogP contribution in [0, 0.1) is 0 Å². The second kappa shape index (κ2) is 8.65. The normalized spacial score (nSPS) is 14.4. The third-order valence-corrected chi connectivity index (χ3v) is 4.99. The molecule has 1 amide bonds. The molecule has 6 nitrogen and oxygen atoms in total. The predicted octanol–water partition coefficient (Wildman–Crippen LogP) is 3.39. The molecule has 1 saturated heterocycles. The van der Waals surface area contributed by atoms with Gasteiger partial charge in [-0.25, -0.2) is 4.98 Å². The summed E-state index contributed by atoms with van der Waals surface area (Å²) in [5.41, 5.74) is 1.44. The Morgan fingerprint density at radius 3 is 2.28 bits per heavy atom. The minimum Gasteiger partial charge on any atom is -0.473 e. The summed E-state index contributed by atoms with van der Waals surface area (Å²) in [6.07, 6.45) is 6.19. The molecule has 0 radical (unpaired) electrons. The van der Waals surface area contributed by atoms with Gasteiger partial charge in [0, 0.05) is 49.5 Å². The lowest BCUT2D eigenvalue weighted by molar-refractivity contribution is 0.0584. The van der Waals surface area contributed by atoms with Crippen LogP contribution in [-0.2, 0) is 0 Å². The molecule has 1 aliphatic rings. The van der Waals surface area contributed by atoms with Crippen LogP contribution < -0.4 is 4.74 Å². The molecular weight excluding hydrogens is 366 g/mol. The lowest BCUT2D eigenvalue weighted by atomic mass is 9.97. The quantitative estimate of drug-likeness (QED) is 0.628. The average Bonchev–Trinajstić information content (AvgIpc) is 2.80. The van der Waals surface area contributed by atoms with Gasteiger partial charge in [-0.2, -0.15) is 0 Å². The first-order chi connectivity index (χ1) is 14.2. The number of likely N-dealkylation sites (tertiary alicyclic amines) is 1. The molecule has 29 heavy (non-hydrogen) atoms. The van der Waals surface area contributed by atoms with E-state index in [1.807, 2.05) is 18.2 Å². The summed E-state index contributed by atoms with van der Waals surface area (Å²) in [6, 6.07) is 16.0. The maximum absolute atomic E-state index is 13.1. The molecule has 0 saturated carbocycles. The molecule has 0 aliphatic carbocycles. The Balaban J connectivity index is 1.45. The zero-order valence-electron chi connectivity index (χ0n) is 15.9. The Morgan fingerprint density at radius 1 is 0.897 bits per heavy atom. The van der Waals surface area contributed by atoms with Crippen molar-refractivity contribution in [1.29, 1.82) is 0 Å². The number of aromatic nitrogens is 2. The molecule has 2 aromatic carbocycles. The van der Waals surface area contributed by atoms with Gasteiger partial charge in [-0.15, -0.1) is 0 Å². The number of carbonyl (C=O) groups is 2. The molecule has 0 spiro atoms. The number of amides is 1. The molecule has 0 bridgehead atoms. The van der Waals surface area contributed by atoms with Crippen molar-refractivity contribution in [2.75, 3.05) is 13.1 Å². The SMILES string of the molecule is O=C(c1ccccc1)c1ccccc1C(=O)N1CCC(Oc2cnccn2)CC1. The monoisotopic (exact) mass is 387 g/mol. The van der Waals surface area contributed by atoms with Crippen molar-refractivity contribution >= 4 is 11.7 Å². The van der Waals surface area contributed by atoms with Crippen molar-refractivity contribution in [3.8, 4) is 5.88 Å². The molecule has 2 heterocycles. The molecule has 1 aromatic heterocycles. The summed E-state index contributed by atoms with van der Waals surface area (Å²) in [5.74, 6) is 0.231. The molecule has 1 aliphatic heterocycles. The van der Waals surface area contributed by atoms with Crippen LogP contribution in [0.1, 0.15) is 39.1 Å². The Hall–Kier alpha value is -3.54. The maximum atomic E-state index is 13.1. The molecule has 0 unspecified atom stereocenters. The number of carbonyl (C=O) groups excluding carboxylic acids is 2. The summed E-state index contributed by atoms with van der Waals surface area (Å²) in [6.45, 7) is 1.13. The van der Waals surface area contributed by atoms with E-state index in [9.17, 15) is 9.59 Å². The van der Waals surface area contributed by atoms with Crippen LogP contribution in [0.2, 0.25) is 0 Å². The van der Waals surface area contributed by atoms with Gasteiger partial charge in [0.25, 0.3) is 5.91 Å². The van der Waals surface area contributed by atoms with E-state index >= 15 is 0 Å². The van der Waals surface area contributed by atoms with Crippen LogP contribution in [0.3, 0.4) is 0 Å². The second-order valence-electron chi connectivity index (χ2n) is 6.89. The summed E-state index contributed by atoms with van der Waals surface area (Å²) >= 11 is 0. The minimum atomic E-state index is -0.143. The number of piperidine rings is 1. The third-order valence-electron chi connectivity index (χ3n) is 4.99. The van der Waals surface area contributed by atoms with Crippen molar-refractivity contribution in [2.45, 2.75) is 18.9 Å². The average molecular weight is 387 g/mol. The molecule has 146 valence electrons. The zero-order valence-corrected chi connectivity index (χ0v) is 15.9. The Labute approximate surface area is 169 Å². The van der Waals surface area contributed by atoms with Gasteiger partial charge >= 0.3 is 0 Å². The maximum Gasteiger partial charge on any atom is 0.254 e. The van der Waals surface area contributed by atoms with Gasteiger partial charge in [-0.05, 0) is 6.07 Å². The van der Waals surface area contributed by atoms with Gasteiger partial charge in [0.05, 0.1) is 11.8 Å². The number of nitrogens with zero attached hydrogens (tertiary/aromatic N) is 3. The summed E-state index contributed by atoms with van der Waals surface area (Å²) in [5, 5.41) is 0. The lowest BCUT2D eigenvalue weighted by Gasteiger charge is -2.32. The smallest absolute Gasteiger partial charge is 0.254 e. The van der Waals surface area contributed by atoms with Gasteiger partial charge in [0.2, 0.25) is 5.88 Å². The van der Waals surface area contributed by atoms with Crippen LogP contribution in [-0.4, -0.2) is 45.8 Å². The van der Waals surface area contributed by atoms with Crippen molar-refractivity contribution in [3.05, 3.63) is 89.9 Å². The largest absolute Gasteiger partial charge is 0.473 e. The van der Waals surface area contributed by atoms with Gasteiger partial charge in [0.1, 0.15) is 6.10 Å². The Bertz CT molecular complexity index is 985. The van der Waals surface area contributed by atoms with Crippen molar-refractivity contribution < 1.29 is 14.3 Å². The molecule has 0 N–H and O–H groups in total. The Kier molecular flexibility index (Phi) is 5.61. The highest BCUT2D eigenvalue weighted by Gasteiger charge is 2.27. The van der Waals surface area contributed by atoms with Gasteiger partial charge in [-0.1, -0.05) is 48.5 Å². The van der Waals surface area contributed by atoms with Crippen LogP contribution >= 0.6 is 0 Å². The van der Waals surface area contributed by atoms with E-state index in [1.165, 1.54) is 0 Å². The van der Waals surface area contributed by atoms with Crippen LogP contribution in [0.5, 0.6) is 5.88 Å². The highest BCUT2D eigenvalue weighted by molar-refractivity contribution is 6.15. The van der Waals surface area contributed by atoms with E-state index in [-0.39, 0.29) is 17.8 Å². The molecule has 1 fully saturated rings. The van der Waals surface area contributed by atoms with E-state index in [0.717, 1.165) is 0 Å². The zero-order chi connectivity index (χ0) is 20.1. The number of ketones is 1. The molecular formula is C23H21N3O3. The first kappa shape index (κ1) is 18.8. The second-order valence-corrected chi connectivity index (χ2v) is 6.89. The predicted molar refractivity (Wildman–Crippen MR) is 108 cm³/mol. The minimum absolute atomic E-state index is 0.00283. The van der Waals surface area contributed by atoms with Crippen molar-refractivity contribution in [1.82, 2.24) is 14.9 Å². The fourth-order valence-electron chi connectivity index (χ4n) is 3.48. The topological polar surface area (TPSA) is 72.4 Å². The van der Waals surface area contributed by atoms with Crippen LogP contribution in [0.4, 0.5) is 0 Å². The van der Waals surface area contributed by atoms with Crippen LogP contribution in [0.25, 0.3) is 0 Å². The number of hydrogen-bond acceptors (Lipinski definition) is 5. The van der Waals surface area contributed by atoms with Gasteiger partial charge in [-0.3, -0.25) is 14.6 Å². The lowest BCUT2D eigenvalue weighted by Crippen LogP contribution is -2.42. The number of rotatable bonds is 5. The highest BCUT2D eigenvalue weighted by Crippen LogP contribution is 2.21. The standard InChI is InChI=1S/C23H21N3O3/c27-22(17-6-2-1-3-7-17)19-8-4-5-9-20(19)23(28)26-14-10-18(11-15-26)29-21-16-24-12-13-25-21/h1-9,12-13,16,18H,10-11,14-15H2. The Morgan fingerprint density at radius 2 is 1.59 bits per heavy atom. The fraction of sp³-hybridized carbons (Fsp3) is 0.217. The van der Waals surface area contributed by atoms with Crippen LogP contribution in [0.15, 0.2) is 73.2 Å². The summed E-state index contributed by atoms with van der Waals surface area (Å²) < 4.78 is 5.84. The number of ether oxygens (including phenoxy) is 1. The fourth-order valence-corrected chi connectivity index (χ4v) is 3.48. The molecule has 6 heteroatoms. The number of benzene rings is 2. The number of hydrogen-bond donors (Lipinski definition) is 0. The third kappa shape index (κ3) is 4.32. The van der Waals surface area contributed by atoms with Gasteiger partial charge < -0.3 is 9.64 Å². The molecule has 3 aromatic rings. The van der Waals surface area contributed by atoms with E-state index in [4.69, 9.17) is 4.74 Å².